The van der Waals surface area contributed by atoms with Crippen LogP contribution in [0.3, 0.4) is 0 Å². The fourth-order valence-electron chi connectivity index (χ4n) is 5.45. The van der Waals surface area contributed by atoms with Gasteiger partial charge in [0.05, 0.1) is 37.7 Å². The maximum absolute atomic E-state index is 13.2. The van der Waals surface area contributed by atoms with Crippen LogP contribution in [0.15, 0.2) is 24.7 Å². The molecule has 0 unspecified atom stereocenters. The molecule has 37 heavy (non-hydrogen) atoms. The Morgan fingerprint density at radius 3 is 2.68 bits per heavy atom. The van der Waals surface area contributed by atoms with Gasteiger partial charge in [0.1, 0.15) is 29.2 Å². The van der Waals surface area contributed by atoms with E-state index in [1.54, 1.807) is 12.4 Å². The number of aryl methyl sites for hydroxylation is 1. The first-order chi connectivity index (χ1) is 18.1. The van der Waals surface area contributed by atoms with Crippen LogP contribution in [0.1, 0.15) is 61.1 Å². The molecule has 5 heterocycles. The lowest BCUT2D eigenvalue weighted by Gasteiger charge is -2.41. The first kappa shape index (κ1) is 25.4. The molecular formula is C28H36FN5O3. The molecule has 3 aliphatic heterocycles. The van der Waals surface area contributed by atoms with Crippen molar-refractivity contribution in [3.05, 3.63) is 53.1 Å². The van der Waals surface area contributed by atoms with Gasteiger partial charge in [-0.2, -0.15) is 0 Å². The van der Waals surface area contributed by atoms with E-state index in [-0.39, 0.29) is 17.8 Å². The summed E-state index contributed by atoms with van der Waals surface area (Å²) in [6, 6.07) is 3.76. The quantitative estimate of drug-likeness (QED) is 0.515. The average molecular weight is 510 g/mol. The number of anilines is 1. The molecule has 1 saturated heterocycles. The summed E-state index contributed by atoms with van der Waals surface area (Å²) in [6.07, 6.45) is 7.40. The van der Waals surface area contributed by atoms with Crippen molar-refractivity contribution >= 4 is 17.1 Å². The van der Waals surface area contributed by atoms with Gasteiger partial charge in [-0.05, 0) is 43.9 Å². The molecule has 3 aromatic rings. The summed E-state index contributed by atoms with van der Waals surface area (Å²) in [6.45, 7) is 11.5. The molecule has 4 aliphatic rings. The lowest BCUT2D eigenvalue weighted by molar-refractivity contribution is 0.0589. The molecule has 1 saturated carbocycles. The molecule has 1 aromatic carbocycles. The van der Waals surface area contributed by atoms with E-state index < -0.39 is 0 Å². The Morgan fingerprint density at radius 1 is 1.11 bits per heavy atom. The molecule has 1 amide bonds. The fraction of sp³-hybridized carbons (Fsp3) is 0.536. The van der Waals surface area contributed by atoms with Crippen LogP contribution in [-0.2, 0) is 17.6 Å². The third kappa shape index (κ3) is 4.65. The van der Waals surface area contributed by atoms with Gasteiger partial charge in [0.25, 0.3) is 5.91 Å². The minimum absolute atomic E-state index is 0.0482. The maximum atomic E-state index is 13.2. The molecule has 0 bridgehead atoms. The summed E-state index contributed by atoms with van der Waals surface area (Å²) in [4.78, 5) is 26.4. The van der Waals surface area contributed by atoms with E-state index in [4.69, 9.17) is 9.47 Å². The Labute approximate surface area is 217 Å². The van der Waals surface area contributed by atoms with E-state index >= 15 is 0 Å². The first-order valence-corrected chi connectivity index (χ1v) is 13.5. The van der Waals surface area contributed by atoms with Crippen LogP contribution in [-0.4, -0.2) is 70.2 Å². The standard InChI is InChI=1S/C16H19N5O2.C10H11FO.C2H6/c1-10-17-6-13-15-14(18-9-21(10)15)16(22)20(11-2-3-11)7-12-8-23-5-4-19(12)13;1-2-7-8-5-6-12-10(8)4-3-9(7)11;1-2/h6,9,11-12H,2-5,7-8H2,1H3;3-4H,2,5-6H2,1H3;1-2H3/t12-;;/m0../s1. The Kier molecular flexibility index (Phi) is 7.33. The zero-order chi connectivity index (χ0) is 26.1. The number of carbonyl (C=O) groups is 1. The third-order valence-electron chi connectivity index (χ3n) is 7.42. The highest BCUT2D eigenvalue weighted by molar-refractivity contribution is 6.03. The van der Waals surface area contributed by atoms with Crippen LogP contribution in [0.4, 0.5) is 10.1 Å². The maximum Gasteiger partial charge on any atom is 0.275 e. The number of rotatable bonds is 2. The number of hydrogen-bond acceptors (Lipinski definition) is 6. The van der Waals surface area contributed by atoms with Crippen molar-refractivity contribution < 1.29 is 18.7 Å². The number of aromatic nitrogens is 3. The second-order valence-electron chi connectivity index (χ2n) is 9.57. The molecule has 1 aliphatic carbocycles. The normalized spacial score (nSPS) is 20.0. The van der Waals surface area contributed by atoms with E-state index in [9.17, 15) is 9.18 Å². The van der Waals surface area contributed by atoms with Crippen LogP contribution < -0.4 is 9.64 Å². The fourth-order valence-corrected chi connectivity index (χ4v) is 5.45. The number of benzene rings is 1. The molecule has 198 valence electrons. The highest BCUT2D eigenvalue weighted by atomic mass is 19.1. The van der Waals surface area contributed by atoms with Gasteiger partial charge >= 0.3 is 0 Å². The zero-order valence-corrected chi connectivity index (χ0v) is 22.2. The predicted octanol–water partition coefficient (Wildman–Crippen LogP) is 4.21. The second-order valence-corrected chi connectivity index (χ2v) is 9.57. The number of hydrogen-bond donors (Lipinski definition) is 0. The minimum atomic E-state index is -0.0956. The Hall–Kier alpha value is -3.20. The molecule has 8 nitrogen and oxygen atoms in total. The summed E-state index contributed by atoms with van der Waals surface area (Å²) in [7, 11) is 0. The van der Waals surface area contributed by atoms with Gasteiger partial charge in [-0.15, -0.1) is 0 Å². The van der Waals surface area contributed by atoms with E-state index in [2.05, 4.69) is 14.9 Å². The molecule has 2 aromatic heterocycles. The van der Waals surface area contributed by atoms with Gasteiger partial charge in [0.2, 0.25) is 0 Å². The Balaban J connectivity index is 0.000000169. The summed E-state index contributed by atoms with van der Waals surface area (Å²) < 4.78 is 26.1. The summed E-state index contributed by atoms with van der Waals surface area (Å²) in [5, 5.41) is 0. The van der Waals surface area contributed by atoms with E-state index in [1.807, 2.05) is 43.2 Å². The third-order valence-corrected chi connectivity index (χ3v) is 7.42. The van der Waals surface area contributed by atoms with Crippen LogP contribution in [0.5, 0.6) is 5.75 Å². The lowest BCUT2D eigenvalue weighted by Crippen LogP contribution is -2.54. The minimum Gasteiger partial charge on any atom is -0.493 e. The van der Waals surface area contributed by atoms with Gasteiger partial charge in [0.15, 0.2) is 5.69 Å². The Bertz CT molecular complexity index is 1290. The van der Waals surface area contributed by atoms with E-state index in [0.29, 0.717) is 38.1 Å². The number of nitrogens with zero attached hydrogens (tertiary/aromatic N) is 5. The van der Waals surface area contributed by atoms with Crippen LogP contribution in [0.2, 0.25) is 0 Å². The number of halogens is 1. The molecular weight excluding hydrogens is 473 g/mol. The van der Waals surface area contributed by atoms with Crippen molar-refractivity contribution in [2.45, 2.75) is 65.5 Å². The monoisotopic (exact) mass is 509 g/mol. The number of imidazole rings is 1. The van der Waals surface area contributed by atoms with Crippen molar-refractivity contribution in [3.8, 4) is 5.75 Å². The predicted molar refractivity (Wildman–Crippen MR) is 140 cm³/mol. The molecule has 0 spiro atoms. The molecule has 0 N–H and O–H groups in total. The average Bonchev–Trinajstić information content (AvgIpc) is 3.47. The highest BCUT2D eigenvalue weighted by Gasteiger charge is 2.40. The molecule has 7 rings (SSSR count). The highest BCUT2D eigenvalue weighted by Crippen LogP contribution is 2.35. The van der Waals surface area contributed by atoms with Gasteiger partial charge in [-0.25, -0.2) is 14.4 Å². The largest absolute Gasteiger partial charge is 0.493 e. The van der Waals surface area contributed by atoms with Crippen molar-refractivity contribution in [2.75, 3.05) is 37.8 Å². The number of ether oxygens (including phenoxy) is 2. The van der Waals surface area contributed by atoms with Crippen LogP contribution in [0, 0.1) is 12.7 Å². The van der Waals surface area contributed by atoms with Gasteiger partial charge in [0, 0.05) is 31.1 Å². The van der Waals surface area contributed by atoms with Crippen molar-refractivity contribution in [1.82, 2.24) is 19.3 Å². The molecule has 2 fully saturated rings. The molecule has 0 radical (unpaired) electrons. The molecule has 1 atom stereocenters. The van der Waals surface area contributed by atoms with Crippen molar-refractivity contribution in [3.63, 3.8) is 0 Å². The van der Waals surface area contributed by atoms with E-state index in [1.165, 1.54) is 6.07 Å². The topological polar surface area (TPSA) is 72.2 Å². The Morgan fingerprint density at radius 2 is 1.92 bits per heavy atom. The summed E-state index contributed by atoms with van der Waals surface area (Å²) in [5.74, 6) is 1.67. The molecule has 9 heteroatoms. The SMILES string of the molecule is CC.CCc1c(F)ccc2c1CCO2.Cc1ncc2c3c(ncn13)C(=O)N(C1CC1)C[C@H]1COCCN21. The van der Waals surface area contributed by atoms with Crippen LogP contribution in [0.25, 0.3) is 5.52 Å². The summed E-state index contributed by atoms with van der Waals surface area (Å²) >= 11 is 0. The van der Waals surface area contributed by atoms with E-state index in [0.717, 1.165) is 66.1 Å². The second kappa shape index (κ2) is 10.7. The first-order valence-electron chi connectivity index (χ1n) is 13.5. The van der Waals surface area contributed by atoms with Gasteiger partial charge < -0.3 is 19.3 Å². The number of fused-ring (bicyclic) bond motifs is 3. The van der Waals surface area contributed by atoms with Gasteiger partial charge in [-0.1, -0.05) is 20.8 Å². The smallest absolute Gasteiger partial charge is 0.275 e. The number of morpholine rings is 1. The van der Waals surface area contributed by atoms with Crippen LogP contribution >= 0.6 is 0 Å². The lowest BCUT2D eigenvalue weighted by atomic mass is 10.0. The zero-order valence-electron chi connectivity index (χ0n) is 22.2. The van der Waals surface area contributed by atoms with Crippen molar-refractivity contribution in [1.29, 1.82) is 0 Å². The summed E-state index contributed by atoms with van der Waals surface area (Å²) in [5.41, 5.74) is 4.34. The van der Waals surface area contributed by atoms with Crippen molar-refractivity contribution in [2.24, 2.45) is 0 Å². The number of amides is 1. The van der Waals surface area contributed by atoms with Gasteiger partial charge in [-0.3, -0.25) is 9.20 Å². The number of carbonyl (C=O) groups excluding carboxylic acids is 1.